The van der Waals surface area contributed by atoms with E-state index in [1.165, 1.54) is 38.6 Å². The number of halogens is 1. The fourth-order valence-electron chi connectivity index (χ4n) is 4.11. The number of aliphatic imine (C=N–C) groups is 1. The molecule has 2 fully saturated rings. The van der Waals surface area contributed by atoms with E-state index in [0.29, 0.717) is 24.1 Å². The minimum absolute atomic E-state index is 0. The Hall–Kier alpha value is -0.670. The van der Waals surface area contributed by atoms with E-state index in [9.17, 15) is 4.21 Å². The van der Waals surface area contributed by atoms with Crippen LogP contribution in [-0.4, -0.2) is 59.1 Å². The van der Waals surface area contributed by atoms with Crippen LogP contribution in [0.1, 0.15) is 44.6 Å². The second-order valence-corrected chi connectivity index (χ2v) is 9.17. The van der Waals surface area contributed by atoms with Gasteiger partial charge in [-0.2, -0.15) is 0 Å². The van der Waals surface area contributed by atoms with Gasteiger partial charge in [-0.1, -0.05) is 43.2 Å². The summed E-state index contributed by atoms with van der Waals surface area (Å²) >= 11 is 0. The Balaban J connectivity index is 0.00000280. The summed E-state index contributed by atoms with van der Waals surface area (Å²) in [5.74, 6) is 2.08. The summed E-state index contributed by atoms with van der Waals surface area (Å²) in [4.78, 5) is 7.32. The van der Waals surface area contributed by atoms with Gasteiger partial charge in [0.15, 0.2) is 5.96 Å². The van der Waals surface area contributed by atoms with Crippen LogP contribution in [0, 0.1) is 0 Å². The zero-order chi connectivity index (χ0) is 18.9. The quantitative estimate of drug-likeness (QED) is 0.316. The van der Waals surface area contributed by atoms with Gasteiger partial charge in [0.1, 0.15) is 0 Å². The second kappa shape index (κ2) is 12.8. The van der Waals surface area contributed by atoms with Crippen LogP contribution < -0.4 is 10.6 Å². The molecule has 7 heteroatoms. The summed E-state index contributed by atoms with van der Waals surface area (Å²) in [7, 11) is -0.874. The van der Waals surface area contributed by atoms with Crippen LogP contribution in [0.4, 0.5) is 0 Å². The molecule has 2 aliphatic rings. The van der Waals surface area contributed by atoms with Gasteiger partial charge in [0, 0.05) is 54.0 Å². The number of hydrogen-bond donors (Lipinski definition) is 2. The largest absolute Gasteiger partial charge is 0.357 e. The molecular weight excluding hydrogens is 483 g/mol. The van der Waals surface area contributed by atoms with Crippen LogP contribution in [0.2, 0.25) is 0 Å². The molecule has 1 heterocycles. The maximum atomic E-state index is 12.3. The van der Waals surface area contributed by atoms with E-state index in [2.05, 4.69) is 27.4 Å². The fourth-order valence-corrected chi connectivity index (χ4v) is 5.11. The molecule has 0 aromatic heterocycles. The zero-order valence-electron chi connectivity index (χ0n) is 16.9. The molecule has 2 atom stereocenters. The molecule has 1 aliphatic heterocycles. The molecule has 3 rings (SSSR count). The summed E-state index contributed by atoms with van der Waals surface area (Å²) < 4.78 is 12.3. The molecule has 1 saturated heterocycles. The molecule has 0 radical (unpaired) electrons. The predicted octanol–water partition coefficient (Wildman–Crippen LogP) is 3.13. The molecular formula is C21H35IN4OS. The molecule has 1 aliphatic carbocycles. The minimum Gasteiger partial charge on any atom is -0.357 e. The van der Waals surface area contributed by atoms with Crippen molar-refractivity contribution in [3.63, 3.8) is 0 Å². The van der Waals surface area contributed by atoms with E-state index in [4.69, 9.17) is 0 Å². The summed E-state index contributed by atoms with van der Waals surface area (Å²) in [6.07, 6.45) is 6.70. The highest BCUT2D eigenvalue weighted by Crippen LogP contribution is 2.26. The monoisotopic (exact) mass is 518 g/mol. The number of likely N-dealkylation sites (tertiary alicyclic amines) is 1. The van der Waals surface area contributed by atoms with Crippen LogP contribution >= 0.6 is 24.0 Å². The first-order chi connectivity index (χ1) is 13.2. The van der Waals surface area contributed by atoms with Crippen molar-refractivity contribution >= 4 is 40.7 Å². The number of hydrogen-bond acceptors (Lipinski definition) is 3. The molecule has 5 nitrogen and oxygen atoms in total. The van der Waals surface area contributed by atoms with Crippen LogP contribution in [0.5, 0.6) is 0 Å². The lowest BCUT2D eigenvalue weighted by molar-refractivity contribution is 0.242. The van der Waals surface area contributed by atoms with Crippen molar-refractivity contribution in [3.8, 4) is 0 Å². The first-order valence-corrected chi connectivity index (χ1v) is 11.9. The van der Waals surface area contributed by atoms with E-state index in [0.717, 1.165) is 30.7 Å². The van der Waals surface area contributed by atoms with Crippen molar-refractivity contribution in [2.45, 2.75) is 56.9 Å². The smallest absolute Gasteiger partial charge is 0.191 e. The highest BCUT2D eigenvalue weighted by Gasteiger charge is 2.30. The van der Waals surface area contributed by atoms with Crippen molar-refractivity contribution in [1.29, 1.82) is 0 Å². The zero-order valence-corrected chi connectivity index (χ0v) is 20.1. The van der Waals surface area contributed by atoms with Crippen LogP contribution in [0.15, 0.2) is 35.3 Å². The summed E-state index contributed by atoms with van der Waals surface area (Å²) in [6, 6.07) is 11.3. The highest BCUT2D eigenvalue weighted by atomic mass is 127. The van der Waals surface area contributed by atoms with E-state index in [-0.39, 0.29) is 24.0 Å². The predicted molar refractivity (Wildman–Crippen MR) is 130 cm³/mol. The summed E-state index contributed by atoms with van der Waals surface area (Å²) in [5, 5.41) is 6.93. The van der Waals surface area contributed by atoms with Crippen molar-refractivity contribution < 1.29 is 4.21 Å². The van der Waals surface area contributed by atoms with Gasteiger partial charge < -0.3 is 10.6 Å². The minimum atomic E-state index is -0.874. The van der Waals surface area contributed by atoms with Gasteiger partial charge >= 0.3 is 0 Å². The Bertz CT molecular complexity index is 622. The van der Waals surface area contributed by atoms with Gasteiger partial charge in [0.05, 0.1) is 6.54 Å². The van der Waals surface area contributed by atoms with Crippen molar-refractivity contribution in [2.24, 2.45) is 4.99 Å². The summed E-state index contributed by atoms with van der Waals surface area (Å²) in [6.45, 7) is 5.84. The first kappa shape index (κ1) is 23.6. The molecule has 1 aromatic rings. The maximum absolute atomic E-state index is 12.3. The highest BCUT2D eigenvalue weighted by molar-refractivity contribution is 14.0. The van der Waals surface area contributed by atoms with Gasteiger partial charge in [0.25, 0.3) is 0 Å². The molecule has 28 heavy (non-hydrogen) atoms. The first-order valence-electron chi connectivity index (χ1n) is 10.4. The molecule has 1 aromatic carbocycles. The van der Waals surface area contributed by atoms with E-state index < -0.39 is 10.8 Å². The molecule has 0 bridgehead atoms. The topological polar surface area (TPSA) is 56.7 Å². The summed E-state index contributed by atoms with van der Waals surface area (Å²) in [5.41, 5.74) is 1.13. The number of nitrogens with zero attached hydrogens (tertiary/aromatic N) is 2. The Morgan fingerprint density at radius 3 is 2.68 bits per heavy atom. The number of benzene rings is 1. The third kappa shape index (κ3) is 7.63. The lowest BCUT2D eigenvalue weighted by Crippen LogP contribution is -2.45. The molecule has 0 amide bonds. The van der Waals surface area contributed by atoms with Gasteiger partial charge in [-0.05, 0) is 31.7 Å². The van der Waals surface area contributed by atoms with E-state index in [1.54, 1.807) is 0 Å². The van der Waals surface area contributed by atoms with Gasteiger partial charge in [-0.25, -0.2) is 0 Å². The normalized spacial score (nSPS) is 22.0. The van der Waals surface area contributed by atoms with Crippen molar-refractivity contribution in [3.05, 3.63) is 35.9 Å². The Kier molecular flexibility index (Phi) is 10.8. The van der Waals surface area contributed by atoms with Crippen LogP contribution in [-0.2, 0) is 16.6 Å². The number of nitrogens with one attached hydrogen (secondary N) is 2. The number of guanidine groups is 1. The third-order valence-corrected chi connectivity index (χ3v) is 6.80. The van der Waals surface area contributed by atoms with Gasteiger partial charge in [-0.15, -0.1) is 24.0 Å². The average Bonchev–Trinajstić information content (AvgIpc) is 3.34. The van der Waals surface area contributed by atoms with Gasteiger partial charge in [0.2, 0.25) is 0 Å². The Labute approximate surface area is 189 Å². The lowest BCUT2D eigenvalue weighted by Gasteiger charge is -2.24. The molecule has 158 valence electrons. The molecule has 2 unspecified atom stereocenters. The average molecular weight is 519 g/mol. The molecule has 1 saturated carbocycles. The maximum Gasteiger partial charge on any atom is 0.191 e. The fraction of sp³-hybridized carbons (Fsp3) is 0.667. The third-order valence-electron chi connectivity index (χ3n) is 5.51. The van der Waals surface area contributed by atoms with E-state index in [1.807, 2.05) is 30.3 Å². The molecule has 2 N–H and O–H groups in total. The van der Waals surface area contributed by atoms with Crippen LogP contribution in [0.25, 0.3) is 0 Å². The van der Waals surface area contributed by atoms with Crippen molar-refractivity contribution in [1.82, 2.24) is 15.5 Å². The standard InChI is InChI=1S/C21H34N4OS.HI/c1-2-22-21(23-13-15-27(26)17-18-8-4-3-5-9-18)24-19-12-14-25(16-19)20-10-6-7-11-20;/h3-5,8-9,19-20H,2,6-7,10-17H2,1H3,(H2,22,23,24);1H. The second-order valence-electron chi connectivity index (χ2n) is 7.60. The van der Waals surface area contributed by atoms with Crippen molar-refractivity contribution in [2.75, 3.05) is 31.9 Å². The Morgan fingerprint density at radius 1 is 1.21 bits per heavy atom. The van der Waals surface area contributed by atoms with Crippen LogP contribution in [0.3, 0.4) is 0 Å². The molecule has 0 spiro atoms. The lowest BCUT2D eigenvalue weighted by atomic mass is 10.2. The van der Waals surface area contributed by atoms with Gasteiger partial charge in [-0.3, -0.25) is 14.1 Å². The SMILES string of the molecule is CCNC(=NCCS(=O)Cc1ccccc1)NC1CCN(C2CCCC2)C1.I. The van der Waals surface area contributed by atoms with E-state index >= 15 is 0 Å². The number of rotatable bonds is 8. The Morgan fingerprint density at radius 2 is 1.96 bits per heavy atom.